The van der Waals surface area contributed by atoms with Gasteiger partial charge in [-0.2, -0.15) is 0 Å². The lowest BCUT2D eigenvalue weighted by molar-refractivity contribution is 0.0922. The van der Waals surface area contributed by atoms with Gasteiger partial charge in [0.05, 0.1) is 0 Å². The van der Waals surface area contributed by atoms with Gasteiger partial charge in [-0.15, -0.1) is 0 Å². The van der Waals surface area contributed by atoms with Crippen LogP contribution in [0.25, 0.3) is 0 Å². The van der Waals surface area contributed by atoms with Crippen molar-refractivity contribution in [2.24, 2.45) is 5.92 Å². The Bertz CT molecular complexity index is 328. The molecule has 1 heteroatoms. The molecule has 0 bridgehead atoms. The van der Waals surface area contributed by atoms with Gasteiger partial charge in [0.15, 0.2) is 5.78 Å². The third-order valence-corrected chi connectivity index (χ3v) is 2.85. The van der Waals surface area contributed by atoms with E-state index in [0.29, 0.717) is 5.78 Å². The van der Waals surface area contributed by atoms with Crippen LogP contribution < -0.4 is 0 Å². The molecule has 1 unspecified atom stereocenters. The zero-order chi connectivity index (χ0) is 11.3. The fourth-order valence-corrected chi connectivity index (χ4v) is 1.76. The summed E-state index contributed by atoms with van der Waals surface area (Å²) in [4.78, 5) is 12.1. The Kier molecular flexibility index (Phi) is 4.54. The molecule has 0 aliphatic carbocycles. The minimum atomic E-state index is 0.158. The van der Waals surface area contributed by atoms with E-state index in [1.54, 1.807) is 0 Å². The van der Waals surface area contributed by atoms with Crippen molar-refractivity contribution < 1.29 is 4.79 Å². The first-order valence-electron chi connectivity index (χ1n) is 5.76. The molecule has 0 aliphatic rings. The summed E-state index contributed by atoms with van der Waals surface area (Å²) in [5.74, 6) is 0.451. The second-order valence-corrected chi connectivity index (χ2v) is 4.22. The first-order valence-corrected chi connectivity index (χ1v) is 5.76. The lowest BCUT2D eigenvalue weighted by Crippen LogP contribution is -2.12. The zero-order valence-electron chi connectivity index (χ0n) is 9.92. The number of unbranched alkanes of at least 4 members (excludes halogenated alkanes) is 1. The Labute approximate surface area is 92.5 Å². The molecule has 1 aromatic rings. The van der Waals surface area contributed by atoms with Crippen molar-refractivity contribution >= 4 is 5.78 Å². The Morgan fingerprint density at radius 1 is 1.33 bits per heavy atom. The summed E-state index contributed by atoms with van der Waals surface area (Å²) >= 11 is 0. The predicted octanol–water partition coefficient (Wildman–Crippen LogP) is 4.00. The van der Waals surface area contributed by atoms with Gasteiger partial charge in [0.1, 0.15) is 0 Å². The molecule has 0 N–H and O–H groups in total. The first kappa shape index (κ1) is 12.0. The molecule has 1 aromatic carbocycles. The van der Waals surface area contributed by atoms with Crippen LogP contribution in [0.4, 0.5) is 0 Å². The quantitative estimate of drug-likeness (QED) is 0.662. The molecule has 0 radical (unpaired) electrons. The maximum absolute atomic E-state index is 12.1. The first-order chi connectivity index (χ1) is 7.16. The number of hydrogen-bond acceptors (Lipinski definition) is 1. The van der Waals surface area contributed by atoms with E-state index in [0.717, 1.165) is 30.4 Å². The number of aryl methyl sites for hydroxylation is 1. The fraction of sp³-hybridized carbons (Fsp3) is 0.500. The van der Waals surface area contributed by atoms with Crippen LogP contribution in [0, 0.1) is 12.8 Å². The SMILES string of the molecule is CCCCC(C)C(=O)c1ccccc1C. The Balaban J connectivity index is 2.72. The van der Waals surface area contributed by atoms with Gasteiger partial charge in [-0.25, -0.2) is 0 Å². The largest absolute Gasteiger partial charge is 0.294 e. The van der Waals surface area contributed by atoms with Gasteiger partial charge in [-0.1, -0.05) is 51.0 Å². The third kappa shape index (κ3) is 3.19. The van der Waals surface area contributed by atoms with E-state index in [1.807, 2.05) is 38.1 Å². The summed E-state index contributed by atoms with van der Waals surface area (Å²) in [6, 6.07) is 7.84. The van der Waals surface area contributed by atoms with Gasteiger partial charge in [0.2, 0.25) is 0 Å². The lowest BCUT2D eigenvalue weighted by atomic mass is 9.92. The highest BCUT2D eigenvalue weighted by Crippen LogP contribution is 2.17. The van der Waals surface area contributed by atoms with Crippen LogP contribution in [0.2, 0.25) is 0 Å². The van der Waals surface area contributed by atoms with E-state index in [1.165, 1.54) is 0 Å². The molecule has 0 aliphatic heterocycles. The van der Waals surface area contributed by atoms with Gasteiger partial charge in [0.25, 0.3) is 0 Å². The number of carbonyl (C=O) groups excluding carboxylic acids is 1. The standard InChI is InChI=1S/C14H20O/c1-4-5-8-12(3)14(15)13-10-7-6-9-11(13)2/h6-7,9-10,12H,4-5,8H2,1-3H3. The molecule has 0 saturated carbocycles. The van der Waals surface area contributed by atoms with Crippen LogP contribution in [0.1, 0.15) is 49.0 Å². The van der Waals surface area contributed by atoms with Gasteiger partial charge in [0, 0.05) is 11.5 Å². The molecular formula is C14H20O. The van der Waals surface area contributed by atoms with E-state index in [4.69, 9.17) is 0 Å². The molecule has 1 rings (SSSR count). The number of Topliss-reactive ketones (excluding diaryl/α,β-unsaturated/α-hetero) is 1. The van der Waals surface area contributed by atoms with E-state index in [2.05, 4.69) is 6.92 Å². The highest BCUT2D eigenvalue weighted by Gasteiger charge is 2.15. The average molecular weight is 204 g/mol. The highest BCUT2D eigenvalue weighted by molar-refractivity contribution is 5.98. The summed E-state index contributed by atoms with van der Waals surface area (Å²) in [6.45, 7) is 6.19. The molecular weight excluding hydrogens is 184 g/mol. The van der Waals surface area contributed by atoms with Crippen molar-refractivity contribution in [3.63, 3.8) is 0 Å². The monoisotopic (exact) mass is 204 g/mol. The summed E-state index contributed by atoms with van der Waals surface area (Å²) in [5.41, 5.74) is 1.98. The second kappa shape index (κ2) is 5.69. The zero-order valence-corrected chi connectivity index (χ0v) is 9.92. The highest BCUT2D eigenvalue weighted by atomic mass is 16.1. The average Bonchev–Trinajstić information content (AvgIpc) is 2.25. The molecule has 0 aromatic heterocycles. The molecule has 15 heavy (non-hydrogen) atoms. The van der Waals surface area contributed by atoms with Crippen LogP contribution in [0.5, 0.6) is 0 Å². The number of benzene rings is 1. The number of rotatable bonds is 5. The lowest BCUT2D eigenvalue weighted by Gasteiger charge is -2.11. The molecule has 0 amide bonds. The van der Waals surface area contributed by atoms with Crippen LogP contribution in [-0.2, 0) is 0 Å². The molecule has 82 valence electrons. The van der Waals surface area contributed by atoms with E-state index in [9.17, 15) is 4.79 Å². The van der Waals surface area contributed by atoms with Crippen molar-refractivity contribution in [2.45, 2.75) is 40.0 Å². The smallest absolute Gasteiger partial charge is 0.165 e. The van der Waals surface area contributed by atoms with Crippen molar-refractivity contribution in [3.8, 4) is 0 Å². The molecule has 0 saturated heterocycles. The minimum Gasteiger partial charge on any atom is -0.294 e. The Morgan fingerprint density at radius 2 is 2.00 bits per heavy atom. The molecule has 0 fully saturated rings. The van der Waals surface area contributed by atoms with E-state index < -0.39 is 0 Å². The van der Waals surface area contributed by atoms with Crippen LogP contribution in [0.3, 0.4) is 0 Å². The number of hydrogen-bond donors (Lipinski definition) is 0. The Morgan fingerprint density at radius 3 is 2.60 bits per heavy atom. The Hall–Kier alpha value is -1.11. The van der Waals surface area contributed by atoms with Gasteiger partial charge >= 0.3 is 0 Å². The molecule has 1 atom stereocenters. The van der Waals surface area contributed by atoms with Gasteiger partial charge < -0.3 is 0 Å². The van der Waals surface area contributed by atoms with Crippen molar-refractivity contribution in [2.75, 3.05) is 0 Å². The van der Waals surface area contributed by atoms with Crippen LogP contribution >= 0.6 is 0 Å². The summed E-state index contributed by atoms with van der Waals surface area (Å²) in [5, 5.41) is 0. The second-order valence-electron chi connectivity index (χ2n) is 4.22. The number of ketones is 1. The van der Waals surface area contributed by atoms with Gasteiger partial charge in [-0.3, -0.25) is 4.79 Å². The molecule has 0 spiro atoms. The van der Waals surface area contributed by atoms with Gasteiger partial charge in [-0.05, 0) is 18.9 Å². The maximum Gasteiger partial charge on any atom is 0.165 e. The predicted molar refractivity (Wildman–Crippen MR) is 64.2 cm³/mol. The van der Waals surface area contributed by atoms with E-state index in [-0.39, 0.29) is 5.92 Å². The van der Waals surface area contributed by atoms with Crippen molar-refractivity contribution in [1.29, 1.82) is 0 Å². The summed E-state index contributed by atoms with van der Waals surface area (Å²) in [7, 11) is 0. The van der Waals surface area contributed by atoms with Crippen LogP contribution in [-0.4, -0.2) is 5.78 Å². The van der Waals surface area contributed by atoms with E-state index >= 15 is 0 Å². The third-order valence-electron chi connectivity index (χ3n) is 2.85. The van der Waals surface area contributed by atoms with Crippen molar-refractivity contribution in [3.05, 3.63) is 35.4 Å². The fourth-order valence-electron chi connectivity index (χ4n) is 1.76. The minimum absolute atomic E-state index is 0.158. The summed E-state index contributed by atoms with van der Waals surface area (Å²) < 4.78 is 0. The summed E-state index contributed by atoms with van der Waals surface area (Å²) in [6.07, 6.45) is 3.30. The number of carbonyl (C=O) groups is 1. The molecule has 0 heterocycles. The topological polar surface area (TPSA) is 17.1 Å². The molecule has 1 nitrogen and oxygen atoms in total. The van der Waals surface area contributed by atoms with Crippen molar-refractivity contribution in [1.82, 2.24) is 0 Å². The van der Waals surface area contributed by atoms with Crippen LogP contribution in [0.15, 0.2) is 24.3 Å². The maximum atomic E-state index is 12.1. The normalized spacial score (nSPS) is 12.5.